The van der Waals surface area contributed by atoms with Crippen molar-refractivity contribution in [3.8, 4) is 17.0 Å². The molecule has 0 aliphatic rings. The van der Waals surface area contributed by atoms with Gasteiger partial charge in [-0.15, -0.1) is 11.3 Å². The summed E-state index contributed by atoms with van der Waals surface area (Å²) >= 11 is 1.51. The second-order valence-electron chi connectivity index (χ2n) is 4.55. The normalized spacial score (nSPS) is 10.9. The maximum absolute atomic E-state index is 12.6. The molecule has 102 valence electrons. The van der Waals surface area contributed by atoms with Crippen molar-refractivity contribution < 1.29 is 9.15 Å². The van der Waals surface area contributed by atoms with Gasteiger partial charge < -0.3 is 9.15 Å². The van der Waals surface area contributed by atoms with Gasteiger partial charge in [0.25, 0.3) is 0 Å². The number of nitrogens with zero attached hydrogens (tertiary/aromatic N) is 1. The Morgan fingerprint density at radius 3 is 2.75 bits per heavy atom. The van der Waals surface area contributed by atoms with Gasteiger partial charge in [0.1, 0.15) is 17.6 Å². The number of hydrogen-bond donors (Lipinski definition) is 0. The van der Waals surface area contributed by atoms with Crippen LogP contribution in [-0.2, 0) is 0 Å². The van der Waals surface area contributed by atoms with E-state index >= 15 is 0 Å². The van der Waals surface area contributed by atoms with Crippen LogP contribution in [0.5, 0.6) is 5.75 Å². The van der Waals surface area contributed by atoms with Gasteiger partial charge in [-0.25, -0.2) is 4.98 Å². The van der Waals surface area contributed by atoms with E-state index < -0.39 is 0 Å². The Bertz CT molecular complexity index is 848. The molecule has 4 nitrogen and oxygen atoms in total. The highest BCUT2D eigenvalue weighted by molar-refractivity contribution is 7.09. The number of rotatable bonds is 2. The summed E-state index contributed by atoms with van der Waals surface area (Å²) in [5, 5.41) is 3.37. The summed E-state index contributed by atoms with van der Waals surface area (Å²) in [5.74, 6) is 0.676. The number of thiazole rings is 1. The molecule has 0 saturated carbocycles. The molecule has 5 heteroatoms. The van der Waals surface area contributed by atoms with Gasteiger partial charge in [0.2, 0.25) is 5.43 Å². The largest absolute Gasteiger partial charge is 0.497 e. The molecular weight excluding hydrogens is 274 g/mol. The van der Waals surface area contributed by atoms with Crippen LogP contribution in [0.25, 0.3) is 22.2 Å². The number of aromatic nitrogens is 1. The molecule has 3 aromatic rings. The molecule has 0 N–H and O–H groups in total. The maximum atomic E-state index is 12.6. The Labute approximate surface area is 119 Å². The van der Waals surface area contributed by atoms with Crippen LogP contribution in [0.2, 0.25) is 0 Å². The van der Waals surface area contributed by atoms with Crippen LogP contribution in [0.15, 0.2) is 33.0 Å². The fraction of sp³-hybridized carbons (Fsp3) is 0.200. The van der Waals surface area contributed by atoms with Crippen molar-refractivity contribution in [1.29, 1.82) is 0 Å². The highest BCUT2D eigenvalue weighted by Gasteiger charge is 2.14. The van der Waals surface area contributed by atoms with Crippen LogP contribution in [0.3, 0.4) is 0 Å². The second-order valence-corrected chi connectivity index (χ2v) is 5.61. The van der Waals surface area contributed by atoms with Gasteiger partial charge in [0.15, 0.2) is 0 Å². The van der Waals surface area contributed by atoms with Crippen LogP contribution in [0.4, 0.5) is 0 Å². The third-order valence-corrected chi connectivity index (χ3v) is 3.95. The smallest absolute Gasteiger partial charge is 0.202 e. The summed E-state index contributed by atoms with van der Waals surface area (Å²) in [4.78, 5) is 17.0. The first kappa shape index (κ1) is 12.9. The van der Waals surface area contributed by atoms with E-state index in [1.165, 1.54) is 17.6 Å². The fourth-order valence-corrected chi connectivity index (χ4v) is 2.81. The van der Waals surface area contributed by atoms with E-state index in [4.69, 9.17) is 9.15 Å². The van der Waals surface area contributed by atoms with Crippen molar-refractivity contribution >= 4 is 22.3 Å². The van der Waals surface area contributed by atoms with E-state index in [0.29, 0.717) is 28.0 Å². The van der Waals surface area contributed by atoms with Gasteiger partial charge in [0.05, 0.1) is 28.8 Å². The van der Waals surface area contributed by atoms with Crippen molar-refractivity contribution in [3.05, 3.63) is 44.6 Å². The quantitative estimate of drug-likeness (QED) is 0.723. The minimum absolute atomic E-state index is 0.0586. The Hall–Kier alpha value is -2.14. The number of methoxy groups -OCH3 is 1. The maximum Gasteiger partial charge on any atom is 0.202 e. The van der Waals surface area contributed by atoms with Gasteiger partial charge in [-0.05, 0) is 25.5 Å². The average Bonchev–Trinajstić information content (AvgIpc) is 2.84. The molecule has 0 spiro atoms. The Balaban J connectivity index is 2.31. The number of hydrogen-bond acceptors (Lipinski definition) is 5. The molecule has 2 heterocycles. The molecular formula is C15H13NO3S. The molecule has 0 aliphatic carbocycles. The second kappa shape index (κ2) is 4.76. The van der Waals surface area contributed by atoms with E-state index in [0.717, 1.165) is 10.6 Å². The van der Waals surface area contributed by atoms with Crippen LogP contribution in [-0.4, -0.2) is 12.1 Å². The topological polar surface area (TPSA) is 52.3 Å². The number of aryl methyl sites for hydroxylation is 2. The molecule has 0 unspecified atom stereocenters. The summed E-state index contributed by atoms with van der Waals surface area (Å²) in [7, 11) is 1.59. The van der Waals surface area contributed by atoms with Gasteiger partial charge in [-0.3, -0.25) is 4.79 Å². The molecule has 20 heavy (non-hydrogen) atoms. The monoisotopic (exact) mass is 287 g/mol. The lowest BCUT2D eigenvalue weighted by Gasteiger charge is -2.06. The third-order valence-electron chi connectivity index (χ3n) is 3.18. The zero-order valence-electron chi connectivity index (χ0n) is 11.4. The molecule has 1 aromatic carbocycles. The van der Waals surface area contributed by atoms with Gasteiger partial charge in [-0.2, -0.15) is 0 Å². The number of benzene rings is 1. The first-order valence-electron chi connectivity index (χ1n) is 6.13. The minimum Gasteiger partial charge on any atom is -0.497 e. The summed E-state index contributed by atoms with van der Waals surface area (Å²) in [6, 6.07) is 3.55. The predicted octanol–water partition coefficient (Wildman–Crippen LogP) is 3.54. The molecule has 0 atom stereocenters. The molecule has 0 amide bonds. The van der Waals surface area contributed by atoms with Crippen LogP contribution >= 0.6 is 11.3 Å². The van der Waals surface area contributed by atoms with Crippen LogP contribution < -0.4 is 10.2 Å². The van der Waals surface area contributed by atoms with Gasteiger partial charge in [0, 0.05) is 11.4 Å². The van der Waals surface area contributed by atoms with Gasteiger partial charge in [-0.1, -0.05) is 0 Å². The van der Waals surface area contributed by atoms with Gasteiger partial charge >= 0.3 is 0 Å². The number of ether oxygens (including phenoxy) is 1. The first-order chi connectivity index (χ1) is 9.60. The zero-order valence-corrected chi connectivity index (χ0v) is 12.2. The summed E-state index contributed by atoms with van der Waals surface area (Å²) in [6.45, 7) is 3.78. The molecule has 0 aliphatic heterocycles. The highest BCUT2D eigenvalue weighted by atomic mass is 32.1. The van der Waals surface area contributed by atoms with Crippen LogP contribution in [0.1, 0.15) is 10.6 Å². The lowest BCUT2D eigenvalue weighted by Crippen LogP contribution is -2.06. The van der Waals surface area contributed by atoms with Crippen molar-refractivity contribution in [2.75, 3.05) is 7.11 Å². The molecule has 0 bridgehead atoms. The summed E-state index contributed by atoms with van der Waals surface area (Å²) < 4.78 is 10.8. The molecule has 3 rings (SSSR count). The lowest BCUT2D eigenvalue weighted by molar-refractivity contribution is 0.414. The molecule has 0 saturated heterocycles. The molecule has 0 fully saturated rings. The van der Waals surface area contributed by atoms with Crippen molar-refractivity contribution in [2.45, 2.75) is 13.8 Å². The average molecular weight is 287 g/mol. The van der Waals surface area contributed by atoms with Crippen molar-refractivity contribution in [2.24, 2.45) is 0 Å². The standard InChI is InChI=1S/C15H13NO3S/c1-8-4-10(18-3)5-13-14(8)15(17)11(6-19-13)12-7-20-9(2)16-12/h4-7H,1-3H3. The van der Waals surface area contributed by atoms with E-state index in [2.05, 4.69) is 4.98 Å². The van der Waals surface area contributed by atoms with E-state index in [1.807, 2.05) is 25.3 Å². The SMILES string of the molecule is COc1cc(C)c2c(=O)c(-c3csc(C)n3)coc2c1. The van der Waals surface area contributed by atoms with E-state index in [1.54, 1.807) is 13.2 Å². The first-order valence-corrected chi connectivity index (χ1v) is 7.01. The Morgan fingerprint density at radius 1 is 1.30 bits per heavy atom. The fourth-order valence-electron chi connectivity index (χ4n) is 2.20. The predicted molar refractivity (Wildman–Crippen MR) is 79.6 cm³/mol. The van der Waals surface area contributed by atoms with Crippen LogP contribution in [0, 0.1) is 13.8 Å². The zero-order chi connectivity index (χ0) is 14.3. The Kier molecular flexibility index (Phi) is 3.06. The van der Waals surface area contributed by atoms with Crippen molar-refractivity contribution in [3.63, 3.8) is 0 Å². The van der Waals surface area contributed by atoms with E-state index in [9.17, 15) is 4.79 Å². The van der Waals surface area contributed by atoms with Crippen molar-refractivity contribution in [1.82, 2.24) is 4.98 Å². The third kappa shape index (κ3) is 2.00. The number of fused-ring (bicyclic) bond motifs is 1. The lowest BCUT2D eigenvalue weighted by atomic mass is 10.1. The summed E-state index contributed by atoms with van der Waals surface area (Å²) in [6.07, 6.45) is 1.47. The minimum atomic E-state index is -0.0586. The highest BCUT2D eigenvalue weighted by Crippen LogP contribution is 2.26. The molecule has 0 radical (unpaired) electrons. The Morgan fingerprint density at radius 2 is 2.10 bits per heavy atom. The molecule has 2 aromatic heterocycles. The summed E-state index contributed by atoms with van der Waals surface area (Å²) in [5.41, 5.74) is 2.47. The van der Waals surface area contributed by atoms with E-state index in [-0.39, 0.29) is 5.43 Å².